The first-order chi connectivity index (χ1) is 16.8. The van der Waals surface area contributed by atoms with E-state index >= 15 is 0 Å². The summed E-state index contributed by atoms with van der Waals surface area (Å²) in [5.41, 5.74) is 2.00. The molecule has 0 unspecified atom stereocenters. The molecule has 35 heavy (non-hydrogen) atoms. The van der Waals surface area contributed by atoms with Gasteiger partial charge in [-0.25, -0.2) is 8.78 Å². The van der Waals surface area contributed by atoms with Crippen LogP contribution in [0.1, 0.15) is 49.3 Å². The maximum Gasteiger partial charge on any atom is 0.284 e. The van der Waals surface area contributed by atoms with Crippen LogP contribution in [0.15, 0.2) is 48.3 Å². The smallest absolute Gasteiger partial charge is 0.284 e. The van der Waals surface area contributed by atoms with Crippen LogP contribution < -0.4 is 5.32 Å². The third kappa shape index (κ3) is 5.96. The minimum absolute atomic E-state index is 0.0559. The van der Waals surface area contributed by atoms with Gasteiger partial charge in [-0.3, -0.25) is 14.5 Å². The molecule has 0 aromatic heterocycles. The van der Waals surface area contributed by atoms with E-state index < -0.39 is 11.7 Å². The van der Waals surface area contributed by atoms with Crippen molar-refractivity contribution < 1.29 is 18.4 Å². The van der Waals surface area contributed by atoms with Gasteiger partial charge in [-0.1, -0.05) is 43.2 Å². The van der Waals surface area contributed by atoms with Crippen molar-refractivity contribution in [1.82, 2.24) is 9.80 Å². The van der Waals surface area contributed by atoms with Gasteiger partial charge in [0.1, 0.15) is 5.82 Å². The summed E-state index contributed by atoms with van der Waals surface area (Å²) in [7, 11) is 0. The predicted octanol–water partition coefficient (Wildman–Crippen LogP) is 5.31. The number of carbonyl (C=O) groups excluding carboxylic acids is 2. The van der Waals surface area contributed by atoms with E-state index in [1.165, 1.54) is 18.2 Å². The number of benzene rings is 2. The first-order valence-electron chi connectivity index (χ1n) is 12.4. The largest absolute Gasteiger partial charge is 0.337 e. The molecule has 2 amide bonds. The first-order valence-corrected chi connectivity index (χ1v) is 12.4. The second kappa shape index (κ2) is 11.1. The second-order valence-corrected chi connectivity index (χ2v) is 9.65. The molecule has 1 heterocycles. The number of halogens is 2. The molecule has 2 aromatic carbocycles. The summed E-state index contributed by atoms with van der Waals surface area (Å²) in [5.74, 6) is -1.74. The van der Waals surface area contributed by atoms with Crippen LogP contribution in [0.3, 0.4) is 0 Å². The topological polar surface area (TPSA) is 52.7 Å². The quantitative estimate of drug-likeness (QED) is 0.570. The van der Waals surface area contributed by atoms with Crippen molar-refractivity contribution in [3.05, 3.63) is 70.8 Å². The highest BCUT2D eigenvalue weighted by molar-refractivity contribution is 6.05. The summed E-state index contributed by atoms with van der Waals surface area (Å²) in [6.07, 6.45) is 5.39. The van der Waals surface area contributed by atoms with Gasteiger partial charge in [0, 0.05) is 49.4 Å². The number of carbonyl (C=O) groups is 2. The molecule has 1 N–H and O–H groups in total. The van der Waals surface area contributed by atoms with Crippen LogP contribution >= 0.6 is 0 Å². The molecule has 2 fully saturated rings. The normalized spacial score (nSPS) is 19.7. The number of nitrogens with one attached hydrogen (secondary N) is 1. The molecule has 0 bridgehead atoms. The molecule has 186 valence electrons. The molecule has 1 saturated carbocycles. The molecule has 2 aliphatic rings. The van der Waals surface area contributed by atoms with E-state index in [2.05, 4.69) is 10.2 Å². The van der Waals surface area contributed by atoms with E-state index in [0.29, 0.717) is 48.6 Å². The monoisotopic (exact) mass is 481 g/mol. The number of amides is 2. The van der Waals surface area contributed by atoms with Crippen molar-refractivity contribution in [2.45, 2.75) is 52.1 Å². The minimum atomic E-state index is -0.918. The summed E-state index contributed by atoms with van der Waals surface area (Å²) in [6.45, 7) is 6.08. The third-order valence-corrected chi connectivity index (χ3v) is 7.18. The van der Waals surface area contributed by atoms with E-state index in [9.17, 15) is 18.4 Å². The van der Waals surface area contributed by atoms with E-state index in [-0.39, 0.29) is 23.7 Å². The van der Waals surface area contributed by atoms with Crippen LogP contribution in [-0.4, -0.2) is 47.3 Å². The zero-order valence-electron chi connectivity index (χ0n) is 20.4. The lowest BCUT2D eigenvalue weighted by molar-refractivity contribution is -0.140. The Kier molecular flexibility index (Phi) is 7.96. The lowest BCUT2D eigenvalue weighted by Gasteiger charge is -2.41. The second-order valence-electron chi connectivity index (χ2n) is 9.65. The van der Waals surface area contributed by atoms with E-state index in [0.717, 1.165) is 25.7 Å². The average Bonchev–Trinajstić information content (AvgIpc) is 3.39. The molecule has 0 spiro atoms. The molecular weight excluding hydrogens is 448 g/mol. The summed E-state index contributed by atoms with van der Waals surface area (Å²) >= 11 is 0. The first kappa shape index (κ1) is 25.0. The maximum absolute atomic E-state index is 14.8. The molecule has 1 atom stereocenters. The van der Waals surface area contributed by atoms with Crippen LogP contribution in [0.2, 0.25) is 0 Å². The number of hydrogen-bond donors (Lipinski definition) is 1. The highest BCUT2D eigenvalue weighted by atomic mass is 19.1. The fourth-order valence-electron chi connectivity index (χ4n) is 5.13. The van der Waals surface area contributed by atoms with Crippen molar-refractivity contribution in [2.24, 2.45) is 5.92 Å². The van der Waals surface area contributed by atoms with Crippen molar-refractivity contribution in [2.75, 3.05) is 25.0 Å². The van der Waals surface area contributed by atoms with Gasteiger partial charge in [0.25, 0.3) is 5.91 Å². The molecule has 4 rings (SSSR count). The van der Waals surface area contributed by atoms with Crippen LogP contribution in [0.4, 0.5) is 14.5 Å². The van der Waals surface area contributed by atoms with Gasteiger partial charge in [-0.2, -0.15) is 0 Å². The summed E-state index contributed by atoms with van der Waals surface area (Å²) in [5, 5.41) is 2.58. The average molecular weight is 482 g/mol. The van der Waals surface area contributed by atoms with Crippen molar-refractivity contribution in [3.63, 3.8) is 0 Å². The Morgan fingerprint density at radius 2 is 1.80 bits per heavy atom. The molecular formula is C28H33F2N3O2. The maximum atomic E-state index is 14.8. The zero-order chi connectivity index (χ0) is 24.9. The molecule has 1 saturated heterocycles. The Morgan fingerprint density at radius 1 is 1.09 bits per heavy atom. The van der Waals surface area contributed by atoms with Gasteiger partial charge >= 0.3 is 0 Å². The predicted molar refractivity (Wildman–Crippen MR) is 134 cm³/mol. The van der Waals surface area contributed by atoms with E-state index in [1.54, 1.807) is 31.2 Å². The van der Waals surface area contributed by atoms with Gasteiger partial charge < -0.3 is 10.2 Å². The number of hydrogen-bond acceptors (Lipinski definition) is 3. The van der Waals surface area contributed by atoms with Crippen LogP contribution in [0.5, 0.6) is 0 Å². The Hall–Kier alpha value is -3.06. The van der Waals surface area contributed by atoms with Crippen molar-refractivity contribution >= 4 is 23.6 Å². The third-order valence-electron chi connectivity index (χ3n) is 7.18. The molecule has 2 aromatic rings. The van der Waals surface area contributed by atoms with Gasteiger partial charge in [0.05, 0.1) is 0 Å². The number of rotatable bonds is 6. The SMILES string of the molecule is Cc1c(NC(=O)C(F)=Cc2ccccc2)ccc(F)c1CN1CCN(C(=O)C2CCCC2)[C@@H](C)C1. The summed E-state index contributed by atoms with van der Waals surface area (Å²) < 4.78 is 29.2. The Balaban J connectivity index is 1.41. The number of nitrogens with zero attached hydrogens (tertiary/aromatic N) is 2. The van der Waals surface area contributed by atoms with Gasteiger partial charge in [0.2, 0.25) is 5.91 Å². The summed E-state index contributed by atoms with van der Waals surface area (Å²) in [4.78, 5) is 29.4. The summed E-state index contributed by atoms with van der Waals surface area (Å²) in [6, 6.07) is 11.6. The highest BCUT2D eigenvalue weighted by Crippen LogP contribution is 2.29. The molecule has 1 aliphatic heterocycles. The zero-order valence-corrected chi connectivity index (χ0v) is 20.4. The van der Waals surface area contributed by atoms with Crippen LogP contribution in [0, 0.1) is 18.7 Å². The molecule has 1 aliphatic carbocycles. The Labute approximate surface area is 205 Å². The van der Waals surface area contributed by atoms with Gasteiger partial charge in [-0.15, -0.1) is 0 Å². The van der Waals surface area contributed by atoms with Crippen LogP contribution in [-0.2, 0) is 16.1 Å². The highest BCUT2D eigenvalue weighted by Gasteiger charge is 2.33. The van der Waals surface area contributed by atoms with E-state index in [1.807, 2.05) is 17.9 Å². The molecule has 0 radical (unpaired) electrons. The lowest BCUT2D eigenvalue weighted by Crippen LogP contribution is -2.54. The number of piperazine rings is 1. The minimum Gasteiger partial charge on any atom is -0.337 e. The fraction of sp³-hybridized carbons (Fsp3) is 0.429. The Morgan fingerprint density at radius 3 is 2.49 bits per heavy atom. The van der Waals surface area contributed by atoms with Gasteiger partial charge in [0.15, 0.2) is 5.83 Å². The van der Waals surface area contributed by atoms with Gasteiger partial charge in [-0.05, 0) is 56.0 Å². The van der Waals surface area contributed by atoms with Crippen LogP contribution in [0.25, 0.3) is 6.08 Å². The fourth-order valence-corrected chi connectivity index (χ4v) is 5.13. The molecule has 5 nitrogen and oxygen atoms in total. The molecule has 7 heteroatoms. The Bertz CT molecular complexity index is 1100. The standard InChI is InChI=1S/C28H33F2N3O2/c1-19-17-32(14-15-33(19)28(35)22-10-6-7-11-22)18-23-20(2)26(13-12-24(23)29)31-27(34)25(30)16-21-8-4-3-5-9-21/h3-5,8-9,12-13,16,19,22H,6-7,10-11,14-15,17-18H2,1-2H3,(H,31,34)/t19-/m0/s1. The van der Waals surface area contributed by atoms with E-state index in [4.69, 9.17) is 0 Å². The van der Waals surface area contributed by atoms with Crippen molar-refractivity contribution in [3.8, 4) is 0 Å². The lowest BCUT2D eigenvalue weighted by atomic mass is 10.0. The van der Waals surface area contributed by atoms with Crippen molar-refractivity contribution in [1.29, 1.82) is 0 Å². The number of anilines is 1.